The molecule has 0 unspecified atom stereocenters. The van der Waals surface area contributed by atoms with Gasteiger partial charge in [-0.05, 0) is 61.0 Å². The van der Waals surface area contributed by atoms with Gasteiger partial charge in [0.15, 0.2) is 5.78 Å². The zero-order valence-electron chi connectivity index (χ0n) is 18.8. The highest BCUT2D eigenvalue weighted by Crippen LogP contribution is 2.34. The van der Waals surface area contributed by atoms with E-state index in [1.54, 1.807) is 30.3 Å². The molecule has 0 radical (unpaired) electrons. The number of aromatic nitrogens is 1. The van der Waals surface area contributed by atoms with E-state index in [1.165, 1.54) is 0 Å². The number of carbonyl (C=O) groups excluding carboxylic acids is 4. The average Bonchev–Trinajstić information content (AvgIpc) is 3.56. The Kier molecular flexibility index (Phi) is 6.49. The second-order valence-corrected chi connectivity index (χ2v) is 9.94. The highest BCUT2D eigenvalue weighted by Gasteiger charge is 2.36. The van der Waals surface area contributed by atoms with Crippen molar-refractivity contribution in [1.82, 2.24) is 14.4 Å². The number of amides is 3. The van der Waals surface area contributed by atoms with Gasteiger partial charge in [0.25, 0.3) is 11.1 Å². The second-order valence-electron chi connectivity index (χ2n) is 8.52. The van der Waals surface area contributed by atoms with Crippen LogP contribution in [0.1, 0.15) is 28.8 Å². The molecule has 2 aromatic carbocycles. The van der Waals surface area contributed by atoms with E-state index in [2.05, 4.69) is 0 Å². The van der Waals surface area contributed by atoms with Crippen LogP contribution < -0.4 is 0 Å². The van der Waals surface area contributed by atoms with E-state index in [4.69, 9.17) is 11.6 Å². The van der Waals surface area contributed by atoms with Gasteiger partial charge in [-0.2, -0.15) is 0 Å². The van der Waals surface area contributed by atoms with Crippen molar-refractivity contribution in [3.8, 4) is 0 Å². The molecule has 3 amide bonds. The number of thioether (sulfide) groups is 1. The maximum Gasteiger partial charge on any atom is 0.293 e. The summed E-state index contributed by atoms with van der Waals surface area (Å²) in [7, 11) is 0. The first kappa shape index (κ1) is 23.4. The van der Waals surface area contributed by atoms with Gasteiger partial charge in [-0.25, -0.2) is 0 Å². The fourth-order valence-corrected chi connectivity index (χ4v) is 5.34. The quantitative estimate of drug-likeness (QED) is 0.352. The minimum atomic E-state index is -0.507. The number of rotatable bonds is 6. The van der Waals surface area contributed by atoms with E-state index in [0.29, 0.717) is 10.6 Å². The fourth-order valence-electron chi connectivity index (χ4n) is 4.38. The SMILES string of the molecule is O=C(CN1C(=O)S/C(=C\c2cn(CC(=O)N3CCCC3)c3ccccc23)C1=O)c1ccc(Cl)cc1. The largest absolute Gasteiger partial charge is 0.341 e. The molecule has 0 aliphatic carbocycles. The van der Waals surface area contributed by atoms with Crippen molar-refractivity contribution in [2.45, 2.75) is 19.4 Å². The third-order valence-electron chi connectivity index (χ3n) is 6.21. The standard InChI is InChI=1S/C26H22ClN3O4S/c27-19-9-7-17(8-10-19)22(31)15-30-25(33)23(35-26(30)34)13-18-14-29(21-6-2-1-5-20(18)21)16-24(32)28-11-3-4-12-28/h1-2,5-10,13-14H,3-4,11-12,15-16H2/b23-13-. The molecule has 1 aromatic heterocycles. The highest BCUT2D eigenvalue weighted by molar-refractivity contribution is 8.18. The van der Waals surface area contributed by atoms with Crippen LogP contribution in [0.3, 0.4) is 0 Å². The molecule has 3 aromatic rings. The molecule has 3 heterocycles. The Hall–Kier alpha value is -3.36. The van der Waals surface area contributed by atoms with Crippen LogP contribution >= 0.6 is 23.4 Å². The van der Waals surface area contributed by atoms with E-state index in [-0.39, 0.29) is 29.7 Å². The van der Waals surface area contributed by atoms with Gasteiger partial charge in [-0.3, -0.25) is 24.1 Å². The van der Waals surface area contributed by atoms with Gasteiger partial charge in [0.05, 0.1) is 11.4 Å². The Bertz CT molecular complexity index is 1370. The van der Waals surface area contributed by atoms with Crippen LogP contribution in [-0.2, 0) is 16.1 Å². The van der Waals surface area contributed by atoms with Gasteiger partial charge < -0.3 is 9.47 Å². The molecule has 2 aliphatic rings. The Labute approximate surface area is 211 Å². The summed E-state index contributed by atoms with van der Waals surface area (Å²) < 4.78 is 1.89. The van der Waals surface area contributed by atoms with Crippen molar-refractivity contribution in [2.24, 2.45) is 0 Å². The first-order valence-electron chi connectivity index (χ1n) is 11.3. The number of carbonyl (C=O) groups is 4. The molecule has 0 bridgehead atoms. The highest BCUT2D eigenvalue weighted by atomic mass is 35.5. The van der Waals surface area contributed by atoms with Crippen molar-refractivity contribution in [2.75, 3.05) is 19.6 Å². The number of para-hydroxylation sites is 1. The molecular formula is C26H22ClN3O4S. The number of likely N-dealkylation sites (tertiary alicyclic amines) is 1. The maximum atomic E-state index is 13.0. The smallest absolute Gasteiger partial charge is 0.293 e. The van der Waals surface area contributed by atoms with Crippen molar-refractivity contribution in [1.29, 1.82) is 0 Å². The van der Waals surface area contributed by atoms with Crippen molar-refractivity contribution >= 4 is 63.2 Å². The Morgan fingerprint density at radius 3 is 2.43 bits per heavy atom. The summed E-state index contributed by atoms with van der Waals surface area (Å²) in [5.41, 5.74) is 2.00. The topological polar surface area (TPSA) is 79.7 Å². The summed E-state index contributed by atoms with van der Waals surface area (Å²) in [6.45, 7) is 1.45. The van der Waals surface area contributed by atoms with Crippen LogP contribution in [-0.4, -0.2) is 56.8 Å². The van der Waals surface area contributed by atoms with Crippen molar-refractivity contribution in [3.63, 3.8) is 0 Å². The van der Waals surface area contributed by atoms with Crippen LogP contribution in [0.4, 0.5) is 4.79 Å². The lowest BCUT2D eigenvalue weighted by Gasteiger charge is -2.15. The zero-order chi connectivity index (χ0) is 24.5. The van der Waals surface area contributed by atoms with Gasteiger partial charge in [-0.15, -0.1) is 0 Å². The molecule has 5 rings (SSSR count). The number of fused-ring (bicyclic) bond motifs is 1. The molecular weight excluding hydrogens is 486 g/mol. The number of ketones is 1. The van der Waals surface area contributed by atoms with Crippen molar-refractivity contribution < 1.29 is 19.2 Å². The maximum absolute atomic E-state index is 13.0. The van der Waals surface area contributed by atoms with Gasteiger partial charge >= 0.3 is 0 Å². The molecule has 0 spiro atoms. The molecule has 9 heteroatoms. The zero-order valence-corrected chi connectivity index (χ0v) is 20.3. The number of Topliss-reactive ketones (excluding diaryl/α,β-unsaturated/α-hetero) is 1. The Balaban J connectivity index is 1.38. The lowest BCUT2D eigenvalue weighted by Crippen LogP contribution is -2.33. The summed E-state index contributed by atoms with van der Waals surface area (Å²) in [6.07, 6.45) is 5.56. The molecule has 178 valence electrons. The summed E-state index contributed by atoms with van der Waals surface area (Å²) in [4.78, 5) is 54.0. The third-order valence-corrected chi connectivity index (χ3v) is 7.37. The predicted molar refractivity (Wildman–Crippen MR) is 136 cm³/mol. The lowest BCUT2D eigenvalue weighted by molar-refractivity contribution is -0.130. The minimum absolute atomic E-state index is 0.0656. The third kappa shape index (κ3) is 4.76. The fraction of sp³-hybridized carbons (Fsp3) is 0.231. The molecule has 2 aliphatic heterocycles. The van der Waals surface area contributed by atoms with E-state index >= 15 is 0 Å². The van der Waals surface area contributed by atoms with Gasteiger partial charge in [0.1, 0.15) is 6.54 Å². The van der Waals surface area contributed by atoms with Crippen LogP contribution in [0.25, 0.3) is 17.0 Å². The van der Waals surface area contributed by atoms with E-state index in [9.17, 15) is 19.2 Å². The van der Waals surface area contributed by atoms with Gasteiger partial charge in [-0.1, -0.05) is 29.8 Å². The number of benzene rings is 2. The van der Waals surface area contributed by atoms with Crippen LogP contribution in [0.15, 0.2) is 59.6 Å². The first-order chi connectivity index (χ1) is 16.9. The average molecular weight is 508 g/mol. The summed E-state index contributed by atoms with van der Waals surface area (Å²) in [5, 5.41) is 0.888. The lowest BCUT2D eigenvalue weighted by atomic mass is 10.1. The molecule has 7 nitrogen and oxygen atoms in total. The predicted octanol–water partition coefficient (Wildman–Crippen LogP) is 4.84. The molecule has 2 saturated heterocycles. The number of hydrogen-bond donors (Lipinski definition) is 0. The Morgan fingerprint density at radius 1 is 0.971 bits per heavy atom. The van der Waals surface area contributed by atoms with E-state index < -0.39 is 11.1 Å². The number of imide groups is 1. The molecule has 35 heavy (non-hydrogen) atoms. The molecule has 0 atom stereocenters. The number of halogens is 1. The van der Waals surface area contributed by atoms with E-state index in [1.807, 2.05) is 39.9 Å². The first-order valence-corrected chi connectivity index (χ1v) is 12.5. The monoisotopic (exact) mass is 507 g/mol. The summed E-state index contributed by atoms with van der Waals surface area (Å²) in [5.74, 6) is -0.787. The van der Waals surface area contributed by atoms with E-state index in [0.717, 1.165) is 59.1 Å². The van der Waals surface area contributed by atoms with Crippen LogP contribution in [0.2, 0.25) is 5.02 Å². The number of hydrogen-bond acceptors (Lipinski definition) is 5. The molecule has 0 N–H and O–H groups in total. The molecule has 2 fully saturated rings. The van der Waals surface area contributed by atoms with Crippen molar-refractivity contribution in [3.05, 3.63) is 75.8 Å². The second kappa shape index (κ2) is 9.71. The van der Waals surface area contributed by atoms with Crippen LogP contribution in [0, 0.1) is 0 Å². The normalized spacial score (nSPS) is 17.2. The summed E-state index contributed by atoms with van der Waals surface area (Å²) >= 11 is 6.68. The number of nitrogens with zero attached hydrogens (tertiary/aromatic N) is 3. The summed E-state index contributed by atoms with van der Waals surface area (Å²) in [6, 6.07) is 14.0. The van der Waals surface area contributed by atoms with Gasteiger partial charge in [0, 0.05) is 46.3 Å². The van der Waals surface area contributed by atoms with Gasteiger partial charge in [0.2, 0.25) is 5.91 Å². The Morgan fingerprint density at radius 2 is 1.69 bits per heavy atom. The minimum Gasteiger partial charge on any atom is -0.341 e. The van der Waals surface area contributed by atoms with Crippen LogP contribution in [0.5, 0.6) is 0 Å². The molecule has 0 saturated carbocycles.